The number of hydrogen-bond acceptors (Lipinski definition) is 7. The lowest BCUT2D eigenvalue weighted by Crippen LogP contribution is -2.22. The molecule has 0 spiro atoms. The van der Waals surface area contributed by atoms with E-state index in [4.69, 9.17) is 4.74 Å². The van der Waals surface area contributed by atoms with Crippen LogP contribution in [-0.2, 0) is 17.9 Å². The molecule has 1 aromatic carbocycles. The van der Waals surface area contributed by atoms with Crippen LogP contribution in [0.2, 0.25) is 25.7 Å². The maximum absolute atomic E-state index is 12.5. The average molecular weight is 477 g/mol. The van der Waals surface area contributed by atoms with Crippen LogP contribution in [0.3, 0.4) is 0 Å². The first-order valence-electron chi connectivity index (χ1n) is 11.1. The van der Waals surface area contributed by atoms with Gasteiger partial charge < -0.3 is 9.84 Å². The third-order valence-corrected chi connectivity index (χ3v) is 6.88. The lowest BCUT2D eigenvalue weighted by Gasteiger charge is -2.15. The van der Waals surface area contributed by atoms with Crippen LogP contribution in [0.5, 0.6) is 5.75 Å². The monoisotopic (exact) mass is 476 g/mol. The molecule has 4 rings (SSSR count). The molecule has 0 radical (unpaired) electrons. The van der Waals surface area contributed by atoms with Gasteiger partial charge in [0.05, 0.1) is 24.8 Å². The summed E-state index contributed by atoms with van der Waals surface area (Å²) < 4.78 is 9.12. The minimum Gasteiger partial charge on any atom is -0.505 e. The van der Waals surface area contributed by atoms with Gasteiger partial charge in [-0.2, -0.15) is 10.2 Å². The molecule has 176 valence electrons. The zero-order valence-electron chi connectivity index (χ0n) is 19.5. The molecule has 0 saturated heterocycles. The molecule has 3 heterocycles. The van der Waals surface area contributed by atoms with E-state index < -0.39 is 8.07 Å². The second kappa shape index (κ2) is 10.1. The predicted octanol–water partition coefficient (Wildman–Crippen LogP) is 3.49. The second-order valence-electron chi connectivity index (χ2n) is 9.30. The van der Waals surface area contributed by atoms with Crippen LogP contribution < -0.4 is 5.43 Å². The van der Waals surface area contributed by atoms with Gasteiger partial charge in [0.1, 0.15) is 18.1 Å². The van der Waals surface area contributed by atoms with E-state index in [1.54, 1.807) is 21.8 Å². The number of ether oxygens (including phenoxy) is 1. The summed E-state index contributed by atoms with van der Waals surface area (Å²) in [5.74, 6) is 0.507. The van der Waals surface area contributed by atoms with E-state index in [1.807, 2.05) is 30.5 Å². The Labute approximate surface area is 198 Å². The normalized spacial score (nSPS) is 11.6. The molecule has 34 heavy (non-hydrogen) atoms. The van der Waals surface area contributed by atoms with Crippen molar-refractivity contribution in [1.82, 2.24) is 29.5 Å². The van der Waals surface area contributed by atoms with Crippen LogP contribution in [0.1, 0.15) is 11.3 Å². The summed E-state index contributed by atoms with van der Waals surface area (Å²) in [4.78, 5) is 20.8. The molecule has 9 nitrogen and oxygen atoms in total. The third-order valence-electron chi connectivity index (χ3n) is 5.18. The molecule has 0 unspecified atom stereocenters. The Hall–Kier alpha value is -3.63. The van der Waals surface area contributed by atoms with E-state index >= 15 is 0 Å². The lowest BCUT2D eigenvalue weighted by atomic mass is 10.1. The summed E-state index contributed by atoms with van der Waals surface area (Å²) in [5, 5.41) is 18.3. The van der Waals surface area contributed by atoms with Gasteiger partial charge in [-0.3, -0.25) is 4.79 Å². The molecular formula is C24H28N6O3Si. The van der Waals surface area contributed by atoms with Crippen molar-refractivity contribution in [1.29, 1.82) is 0 Å². The van der Waals surface area contributed by atoms with Gasteiger partial charge in [0.25, 0.3) is 0 Å². The summed E-state index contributed by atoms with van der Waals surface area (Å²) in [5.41, 5.74) is 2.74. The molecule has 0 aliphatic carbocycles. The number of nitrogens with zero attached hydrogens (tertiary/aromatic N) is 6. The SMILES string of the molecule is C[Si](C)(C)CCOCn1cc(-n2ccc(=O)c(Cc3cccc(-c4ncc(O)cn4)c3)n2)cn1. The highest BCUT2D eigenvalue weighted by Gasteiger charge is 2.12. The van der Waals surface area contributed by atoms with Crippen molar-refractivity contribution >= 4 is 8.07 Å². The van der Waals surface area contributed by atoms with Crippen molar-refractivity contribution in [3.05, 3.63) is 82.8 Å². The highest BCUT2D eigenvalue weighted by molar-refractivity contribution is 6.76. The summed E-state index contributed by atoms with van der Waals surface area (Å²) in [6.07, 6.45) is 8.25. The number of aromatic nitrogens is 6. The van der Waals surface area contributed by atoms with Crippen molar-refractivity contribution in [2.75, 3.05) is 6.61 Å². The molecule has 0 aliphatic heterocycles. The minimum atomic E-state index is -1.13. The van der Waals surface area contributed by atoms with E-state index in [0.717, 1.165) is 29.5 Å². The highest BCUT2D eigenvalue weighted by atomic mass is 28.3. The first-order chi connectivity index (χ1) is 16.3. The number of hydrogen-bond donors (Lipinski definition) is 1. The first-order valence-corrected chi connectivity index (χ1v) is 14.8. The lowest BCUT2D eigenvalue weighted by molar-refractivity contribution is 0.0786. The van der Waals surface area contributed by atoms with Crippen LogP contribution in [0.15, 0.2) is 66.1 Å². The van der Waals surface area contributed by atoms with Crippen LogP contribution in [0, 0.1) is 0 Å². The zero-order chi connectivity index (χ0) is 24.1. The largest absolute Gasteiger partial charge is 0.505 e. The van der Waals surface area contributed by atoms with Gasteiger partial charge in [-0.25, -0.2) is 19.3 Å². The van der Waals surface area contributed by atoms with Crippen molar-refractivity contribution < 1.29 is 9.84 Å². The fourth-order valence-corrected chi connectivity index (χ4v) is 4.03. The quantitative estimate of drug-likeness (QED) is 0.291. The van der Waals surface area contributed by atoms with Crippen molar-refractivity contribution in [3.63, 3.8) is 0 Å². The smallest absolute Gasteiger partial charge is 0.203 e. The van der Waals surface area contributed by atoms with Crippen LogP contribution in [-0.4, -0.2) is 49.3 Å². The molecule has 3 aromatic heterocycles. The Balaban J connectivity index is 1.47. The molecule has 0 aliphatic rings. The predicted molar refractivity (Wildman–Crippen MR) is 132 cm³/mol. The summed E-state index contributed by atoms with van der Waals surface area (Å²) >= 11 is 0. The van der Waals surface area contributed by atoms with Crippen LogP contribution in [0.25, 0.3) is 17.1 Å². The molecule has 1 N–H and O–H groups in total. The molecule has 0 fully saturated rings. The number of rotatable bonds is 9. The first kappa shape index (κ1) is 23.5. The fraction of sp³-hybridized carbons (Fsp3) is 0.292. The standard InChI is InChI=1S/C24H28N6O3Si/c1-34(2,3)10-9-33-17-29-16-20(13-27-29)30-8-7-23(32)22(28-30)12-18-5-4-6-19(11-18)24-25-14-21(31)15-26-24/h4-8,11,13-16,31H,9-10,12,17H2,1-3H3. The van der Waals surface area contributed by atoms with Crippen LogP contribution in [0.4, 0.5) is 0 Å². The Morgan fingerprint density at radius 2 is 1.88 bits per heavy atom. The Bertz CT molecular complexity index is 1310. The van der Waals surface area contributed by atoms with Crippen molar-refractivity contribution in [3.8, 4) is 22.8 Å². The average Bonchev–Trinajstić information content (AvgIpc) is 3.27. The van der Waals surface area contributed by atoms with E-state index in [2.05, 4.69) is 39.8 Å². The maximum atomic E-state index is 12.5. The van der Waals surface area contributed by atoms with Gasteiger partial charge in [-0.05, 0) is 17.7 Å². The van der Waals surface area contributed by atoms with E-state index in [9.17, 15) is 9.90 Å². The number of aromatic hydroxyl groups is 1. The summed E-state index contributed by atoms with van der Waals surface area (Å²) in [6.45, 7) is 8.06. The van der Waals surface area contributed by atoms with Gasteiger partial charge >= 0.3 is 0 Å². The van der Waals surface area contributed by atoms with Gasteiger partial charge in [-0.15, -0.1) is 0 Å². The molecule has 4 aromatic rings. The Kier molecular flexibility index (Phi) is 6.99. The van der Waals surface area contributed by atoms with Gasteiger partial charge in [0, 0.05) is 38.9 Å². The zero-order valence-corrected chi connectivity index (χ0v) is 20.5. The molecule has 0 bridgehead atoms. The molecule has 0 atom stereocenters. The number of benzene rings is 1. The topological polar surface area (TPSA) is 108 Å². The van der Waals surface area contributed by atoms with E-state index in [1.165, 1.54) is 18.5 Å². The van der Waals surface area contributed by atoms with Crippen molar-refractivity contribution in [2.24, 2.45) is 0 Å². The highest BCUT2D eigenvalue weighted by Crippen LogP contribution is 2.18. The molecule has 10 heteroatoms. The van der Waals surface area contributed by atoms with Crippen LogP contribution >= 0.6 is 0 Å². The van der Waals surface area contributed by atoms with Gasteiger partial charge in [0.2, 0.25) is 5.43 Å². The molecule has 0 saturated carbocycles. The van der Waals surface area contributed by atoms with E-state index in [0.29, 0.717) is 24.7 Å². The Morgan fingerprint density at radius 1 is 1.09 bits per heavy atom. The van der Waals surface area contributed by atoms with E-state index in [-0.39, 0.29) is 11.2 Å². The molecule has 0 amide bonds. The summed E-state index contributed by atoms with van der Waals surface area (Å²) in [7, 11) is -1.13. The second-order valence-corrected chi connectivity index (χ2v) is 14.9. The minimum absolute atomic E-state index is 0.00963. The Morgan fingerprint density at radius 3 is 2.65 bits per heavy atom. The summed E-state index contributed by atoms with van der Waals surface area (Å²) in [6, 6.07) is 10.2. The van der Waals surface area contributed by atoms with Crippen molar-refractivity contribution in [2.45, 2.75) is 38.8 Å². The fourth-order valence-electron chi connectivity index (χ4n) is 3.28. The van der Waals surface area contributed by atoms with Gasteiger partial charge in [0.15, 0.2) is 11.6 Å². The van der Waals surface area contributed by atoms with Gasteiger partial charge in [-0.1, -0.05) is 37.8 Å². The maximum Gasteiger partial charge on any atom is 0.203 e. The molecular weight excluding hydrogens is 448 g/mol. The third kappa shape index (κ3) is 6.24.